The molecule has 0 bridgehead atoms. The number of nitrogens with one attached hydrogen (secondary N) is 2. The monoisotopic (exact) mass is 500 g/mol. The highest BCUT2D eigenvalue weighted by Crippen LogP contribution is 2.20. The first-order chi connectivity index (χ1) is 13.0. The number of guanidine groups is 1. The Morgan fingerprint density at radius 1 is 1.21 bits per heavy atom. The second-order valence-electron chi connectivity index (χ2n) is 7.78. The standard InChI is InChI=1S/C22H36N4O.HI/c1-17(2)20-9-7-18(8-10-20)6-5-13-25-22(24-4)26-14-11-19(12-15-26)16-21(27)23-3;/h7-10,17,19H,5-6,11-16H2,1-4H3,(H,23,27)(H,24,25);1H. The summed E-state index contributed by atoms with van der Waals surface area (Å²) >= 11 is 0. The summed E-state index contributed by atoms with van der Waals surface area (Å²) < 4.78 is 0. The third-order valence-corrected chi connectivity index (χ3v) is 5.45. The molecule has 158 valence electrons. The predicted molar refractivity (Wildman–Crippen MR) is 129 cm³/mol. The maximum absolute atomic E-state index is 11.5. The molecule has 1 amide bonds. The van der Waals surface area contributed by atoms with Crippen LogP contribution < -0.4 is 10.6 Å². The van der Waals surface area contributed by atoms with E-state index in [1.54, 1.807) is 7.05 Å². The van der Waals surface area contributed by atoms with Gasteiger partial charge in [0, 0.05) is 40.2 Å². The Morgan fingerprint density at radius 3 is 2.39 bits per heavy atom. The second kappa shape index (κ2) is 13.0. The summed E-state index contributed by atoms with van der Waals surface area (Å²) in [5.74, 6) is 2.22. The number of hydrogen-bond acceptors (Lipinski definition) is 2. The van der Waals surface area contributed by atoms with Gasteiger partial charge < -0.3 is 15.5 Å². The molecule has 1 saturated heterocycles. The average Bonchev–Trinajstić information content (AvgIpc) is 2.69. The lowest BCUT2D eigenvalue weighted by molar-refractivity contribution is -0.121. The fourth-order valence-corrected chi connectivity index (χ4v) is 3.61. The van der Waals surface area contributed by atoms with Gasteiger partial charge in [0.1, 0.15) is 0 Å². The molecular formula is C22H37IN4O. The molecule has 1 aromatic rings. The SMILES string of the molecule is CN=C(NCCCc1ccc(C(C)C)cc1)N1CCC(CC(=O)NC)CC1.I. The van der Waals surface area contributed by atoms with Crippen LogP contribution in [-0.2, 0) is 11.2 Å². The fourth-order valence-electron chi connectivity index (χ4n) is 3.61. The maximum Gasteiger partial charge on any atom is 0.220 e. The van der Waals surface area contributed by atoms with Gasteiger partial charge >= 0.3 is 0 Å². The van der Waals surface area contributed by atoms with Crippen LogP contribution in [-0.4, -0.2) is 50.5 Å². The molecule has 1 aromatic carbocycles. The minimum Gasteiger partial charge on any atom is -0.359 e. The van der Waals surface area contributed by atoms with Gasteiger partial charge in [0.15, 0.2) is 5.96 Å². The minimum absolute atomic E-state index is 0. The molecule has 0 unspecified atom stereocenters. The third-order valence-electron chi connectivity index (χ3n) is 5.45. The van der Waals surface area contributed by atoms with Crippen LogP contribution in [0.4, 0.5) is 0 Å². The first-order valence-corrected chi connectivity index (χ1v) is 10.3. The normalized spacial score (nSPS) is 15.3. The van der Waals surface area contributed by atoms with Crippen LogP contribution in [0.25, 0.3) is 0 Å². The van der Waals surface area contributed by atoms with Crippen molar-refractivity contribution < 1.29 is 4.79 Å². The molecule has 1 aliphatic rings. The predicted octanol–water partition coefficient (Wildman–Crippen LogP) is 3.78. The Balaban J connectivity index is 0.00000392. The molecule has 0 aromatic heterocycles. The first kappa shape index (κ1) is 24.7. The van der Waals surface area contributed by atoms with Gasteiger partial charge in [-0.05, 0) is 48.6 Å². The number of likely N-dealkylation sites (tertiary alicyclic amines) is 1. The zero-order valence-corrected chi connectivity index (χ0v) is 20.2. The smallest absolute Gasteiger partial charge is 0.220 e. The molecule has 0 spiro atoms. The highest BCUT2D eigenvalue weighted by molar-refractivity contribution is 14.0. The molecule has 1 heterocycles. The van der Waals surface area contributed by atoms with E-state index in [0.717, 1.165) is 51.3 Å². The van der Waals surface area contributed by atoms with E-state index in [9.17, 15) is 4.79 Å². The molecule has 5 nitrogen and oxygen atoms in total. The highest BCUT2D eigenvalue weighted by atomic mass is 127. The zero-order valence-electron chi connectivity index (χ0n) is 17.8. The van der Waals surface area contributed by atoms with Gasteiger partial charge in [-0.15, -0.1) is 24.0 Å². The van der Waals surface area contributed by atoms with Gasteiger partial charge in [-0.25, -0.2) is 0 Å². The van der Waals surface area contributed by atoms with Crippen molar-refractivity contribution >= 4 is 35.8 Å². The van der Waals surface area contributed by atoms with Gasteiger partial charge in [0.25, 0.3) is 0 Å². The number of amides is 1. The zero-order chi connectivity index (χ0) is 19.6. The number of benzene rings is 1. The summed E-state index contributed by atoms with van der Waals surface area (Å²) in [5, 5.41) is 6.23. The minimum atomic E-state index is 0. The molecule has 0 atom stereocenters. The number of rotatable bonds is 7. The molecule has 1 fully saturated rings. The van der Waals surface area contributed by atoms with Crippen LogP contribution in [0.15, 0.2) is 29.3 Å². The second-order valence-corrected chi connectivity index (χ2v) is 7.78. The fraction of sp³-hybridized carbons (Fsp3) is 0.636. The maximum atomic E-state index is 11.5. The van der Waals surface area contributed by atoms with Crippen molar-refractivity contribution in [1.29, 1.82) is 0 Å². The van der Waals surface area contributed by atoms with E-state index >= 15 is 0 Å². The third kappa shape index (κ3) is 7.97. The van der Waals surface area contributed by atoms with E-state index in [2.05, 4.69) is 58.6 Å². The van der Waals surface area contributed by atoms with Gasteiger partial charge in [0.2, 0.25) is 5.91 Å². The Bertz CT molecular complexity index is 607. The lowest BCUT2D eigenvalue weighted by atomic mass is 9.93. The Morgan fingerprint density at radius 2 is 1.86 bits per heavy atom. The lowest BCUT2D eigenvalue weighted by Crippen LogP contribution is -2.46. The van der Waals surface area contributed by atoms with E-state index in [-0.39, 0.29) is 29.9 Å². The number of hydrogen-bond donors (Lipinski definition) is 2. The van der Waals surface area contributed by atoms with Crippen LogP contribution in [0.1, 0.15) is 56.6 Å². The van der Waals surface area contributed by atoms with E-state index < -0.39 is 0 Å². The summed E-state index contributed by atoms with van der Waals surface area (Å²) in [5.41, 5.74) is 2.79. The van der Waals surface area contributed by atoms with Gasteiger partial charge in [-0.2, -0.15) is 0 Å². The number of aryl methyl sites for hydroxylation is 1. The summed E-state index contributed by atoms with van der Waals surface area (Å²) in [6, 6.07) is 8.99. The molecule has 0 radical (unpaired) electrons. The quantitative estimate of drug-likeness (QED) is 0.259. The molecule has 28 heavy (non-hydrogen) atoms. The topological polar surface area (TPSA) is 56.7 Å². The van der Waals surface area contributed by atoms with E-state index in [4.69, 9.17) is 0 Å². The molecule has 6 heteroatoms. The van der Waals surface area contributed by atoms with Crippen molar-refractivity contribution in [3.8, 4) is 0 Å². The number of halogens is 1. The Kier molecular flexibility index (Phi) is 11.5. The summed E-state index contributed by atoms with van der Waals surface area (Å²) in [6.07, 6.45) is 4.92. The Labute approximate surface area is 187 Å². The van der Waals surface area contributed by atoms with E-state index in [1.807, 2.05) is 7.05 Å². The molecule has 2 rings (SSSR count). The van der Waals surface area contributed by atoms with Crippen molar-refractivity contribution in [2.75, 3.05) is 33.7 Å². The average molecular weight is 500 g/mol. The van der Waals surface area contributed by atoms with Crippen LogP contribution >= 0.6 is 24.0 Å². The summed E-state index contributed by atoms with van der Waals surface area (Å²) in [6.45, 7) is 7.32. The number of piperidine rings is 1. The van der Waals surface area contributed by atoms with Crippen LogP contribution in [0.2, 0.25) is 0 Å². The van der Waals surface area contributed by atoms with Gasteiger partial charge in [0.05, 0.1) is 0 Å². The van der Waals surface area contributed by atoms with Crippen molar-refractivity contribution in [3.05, 3.63) is 35.4 Å². The van der Waals surface area contributed by atoms with Crippen molar-refractivity contribution in [2.24, 2.45) is 10.9 Å². The molecule has 1 aliphatic heterocycles. The van der Waals surface area contributed by atoms with E-state index in [0.29, 0.717) is 18.3 Å². The molecule has 0 saturated carbocycles. The number of carbonyl (C=O) groups excluding carboxylic acids is 1. The molecule has 2 N–H and O–H groups in total. The largest absolute Gasteiger partial charge is 0.359 e. The molecular weight excluding hydrogens is 463 g/mol. The van der Waals surface area contributed by atoms with Crippen LogP contribution in [0.5, 0.6) is 0 Å². The van der Waals surface area contributed by atoms with Crippen molar-refractivity contribution in [3.63, 3.8) is 0 Å². The first-order valence-electron chi connectivity index (χ1n) is 10.3. The summed E-state index contributed by atoms with van der Waals surface area (Å²) in [7, 11) is 3.56. The summed E-state index contributed by atoms with van der Waals surface area (Å²) in [4.78, 5) is 18.3. The number of carbonyl (C=O) groups is 1. The van der Waals surface area contributed by atoms with Crippen LogP contribution in [0, 0.1) is 5.92 Å². The van der Waals surface area contributed by atoms with Gasteiger partial charge in [-0.1, -0.05) is 38.1 Å². The van der Waals surface area contributed by atoms with Crippen molar-refractivity contribution in [2.45, 2.75) is 51.9 Å². The van der Waals surface area contributed by atoms with E-state index in [1.165, 1.54) is 11.1 Å². The highest BCUT2D eigenvalue weighted by Gasteiger charge is 2.22. The van der Waals surface area contributed by atoms with Crippen LogP contribution in [0.3, 0.4) is 0 Å². The molecule has 0 aliphatic carbocycles. The number of aliphatic imine (C=N–C) groups is 1. The van der Waals surface area contributed by atoms with Gasteiger partial charge in [-0.3, -0.25) is 9.79 Å². The Hall–Kier alpha value is -1.31. The lowest BCUT2D eigenvalue weighted by Gasteiger charge is -2.34. The van der Waals surface area contributed by atoms with Crippen molar-refractivity contribution in [1.82, 2.24) is 15.5 Å². The number of nitrogens with zero attached hydrogens (tertiary/aromatic N) is 2.